The van der Waals surface area contributed by atoms with Crippen molar-refractivity contribution in [2.75, 3.05) is 6.61 Å². The smallest absolute Gasteiger partial charge is 0.302 e. The van der Waals surface area contributed by atoms with E-state index in [1.54, 1.807) is 0 Å². The van der Waals surface area contributed by atoms with Crippen molar-refractivity contribution in [3.63, 3.8) is 0 Å². The molecule has 5 atom stereocenters. The van der Waals surface area contributed by atoms with Crippen molar-refractivity contribution in [3.05, 3.63) is 0 Å². The Bertz CT molecular complexity index is 379. The van der Waals surface area contributed by atoms with E-state index in [1.807, 2.05) is 0 Å². The van der Waals surface area contributed by atoms with E-state index < -0.39 is 0 Å². The number of carbonyl (C=O) groups is 1. The summed E-state index contributed by atoms with van der Waals surface area (Å²) in [7, 11) is 0. The van der Waals surface area contributed by atoms with Crippen molar-refractivity contribution >= 4 is 21.9 Å². The molecular weight excluding hydrogens is 316 g/mol. The molecule has 0 heterocycles. The Balaban J connectivity index is 2.25. The van der Waals surface area contributed by atoms with Gasteiger partial charge >= 0.3 is 5.97 Å². The molecular formula is C17H29BrO2. The van der Waals surface area contributed by atoms with Crippen molar-refractivity contribution in [1.29, 1.82) is 0 Å². The van der Waals surface area contributed by atoms with Crippen LogP contribution in [0.5, 0.6) is 0 Å². The van der Waals surface area contributed by atoms with Gasteiger partial charge in [-0.25, -0.2) is 0 Å². The fraction of sp³-hybridized carbons (Fsp3) is 0.941. The van der Waals surface area contributed by atoms with Gasteiger partial charge in [0.2, 0.25) is 0 Å². The third-order valence-electron chi connectivity index (χ3n) is 6.35. The number of esters is 1. The van der Waals surface area contributed by atoms with Gasteiger partial charge in [0.05, 0.1) is 6.61 Å². The van der Waals surface area contributed by atoms with Crippen LogP contribution in [0.1, 0.15) is 60.3 Å². The highest BCUT2D eigenvalue weighted by Gasteiger charge is 2.56. The van der Waals surface area contributed by atoms with Gasteiger partial charge in [0.1, 0.15) is 0 Å². The molecule has 0 spiro atoms. The van der Waals surface area contributed by atoms with Crippen LogP contribution in [0.4, 0.5) is 0 Å². The monoisotopic (exact) mass is 344 g/mol. The van der Waals surface area contributed by atoms with Crippen LogP contribution in [-0.4, -0.2) is 17.4 Å². The molecule has 0 aliphatic heterocycles. The first-order valence-electron chi connectivity index (χ1n) is 7.97. The number of carbonyl (C=O) groups excluding carboxylic acids is 1. The molecule has 2 aliphatic carbocycles. The average molecular weight is 345 g/mol. The fourth-order valence-electron chi connectivity index (χ4n) is 5.04. The van der Waals surface area contributed by atoms with Crippen LogP contribution in [0.25, 0.3) is 0 Å². The molecule has 0 radical (unpaired) electrons. The summed E-state index contributed by atoms with van der Waals surface area (Å²) in [6.45, 7) is 11.7. The van der Waals surface area contributed by atoms with Gasteiger partial charge in [0.25, 0.3) is 0 Å². The second-order valence-electron chi connectivity index (χ2n) is 7.85. The number of hydrogen-bond acceptors (Lipinski definition) is 2. The maximum Gasteiger partial charge on any atom is 0.302 e. The van der Waals surface area contributed by atoms with Crippen LogP contribution in [0.15, 0.2) is 0 Å². The first kappa shape index (κ1) is 16.3. The van der Waals surface area contributed by atoms with E-state index in [4.69, 9.17) is 4.74 Å². The normalized spacial score (nSPS) is 43.7. The van der Waals surface area contributed by atoms with Crippen LogP contribution >= 0.6 is 15.9 Å². The standard InChI is InChI=1S/C17H29BrO2/c1-11-6-7-14-16(3,4)15(18)8-9-17(14,5)13(11)10-20-12(2)19/h11,13-15H,6-10H2,1-5H3. The molecule has 0 amide bonds. The predicted molar refractivity (Wildman–Crippen MR) is 85.8 cm³/mol. The summed E-state index contributed by atoms with van der Waals surface area (Å²) in [5, 5.41) is 0. The number of halogens is 1. The number of rotatable bonds is 2. The minimum atomic E-state index is -0.142. The molecule has 0 aromatic carbocycles. The molecule has 0 aromatic rings. The second-order valence-corrected chi connectivity index (χ2v) is 8.96. The van der Waals surface area contributed by atoms with Gasteiger partial charge in [-0.1, -0.05) is 43.6 Å². The second kappa shape index (κ2) is 5.62. The molecule has 2 aliphatic rings. The summed E-state index contributed by atoms with van der Waals surface area (Å²) in [4.78, 5) is 11.8. The lowest BCUT2D eigenvalue weighted by Gasteiger charge is -2.60. The number of alkyl halides is 1. The molecule has 116 valence electrons. The van der Waals surface area contributed by atoms with E-state index in [2.05, 4.69) is 43.6 Å². The Morgan fingerprint density at radius 2 is 1.90 bits per heavy atom. The van der Waals surface area contributed by atoms with E-state index in [0.29, 0.717) is 40.0 Å². The maximum atomic E-state index is 11.2. The summed E-state index contributed by atoms with van der Waals surface area (Å²) < 4.78 is 5.41. The highest BCUT2D eigenvalue weighted by atomic mass is 79.9. The number of fused-ring (bicyclic) bond motifs is 1. The third-order valence-corrected chi connectivity index (χ3v) is 7.99. The van der Waals surface area contributed by atoms with Crippen molar-refractivity contribution in [3.8, 4) is 0 Å². The molecule has 0 saturated heterocycles. The van der Waals surface area contributed by atoms with Crippen LogP contribution < -0.4 is 0 Å². The Kier molecular flexibility index (Phi) is 4.59. The molecule has 5 unspecified atom stereocenters. The average Bonchev–Trinajstić information content (AvgIpc) is 2.33. The molecule has 0 N–H and O–H groups in total. The van der Waals surface area contributed by atoms with Crippen LogP contribution in [-0.2, 0) is 9.53 Å². The first-order chi connectivity index (χ1) is 9.19. The molecule has 3 heteroatoms. The molecule has 2 rings (SSSR count). The van der Waals surface area contributed by atoms with Gasteiger partial charge in [-0.2, -0.15) is 0 Å². The highest BCUT2D eigenvalue weighted by Crippen LogP contribution is 2.62. The van der Waals surface area contributed by atoms with Crippen LogP contribution in [0.2, 0.25) is 0 Å². The van der Waals surface area contributed by atoms with Gasteiger partial charge in [-0.3, -0.25) is 4.79 Å². The topological polar surface area (TPSA) is 26.3 Å². The van der Waals surface area contributed by atoms with Crippen molar-refractivity contribution in [2.24, 2.45) is 28.6 Å². The van der Waals surface area contributed by atoms with Gasteiger partial charge in [-0.05, 0) is 48.3 Å². The highest BCUT2D eigenvalue weighted by molar-refractivity contribution is 9.09. The SMILES string of the molecule is CC(=O)OCC1C(C)CCC2C(C)(C)C(Br)CCC12C. The van der Waals surface area contributed by atoms with Gasteiger partial charge in [-0.15, -0.1) is 0 Å². The number of hydrogen-bond donors (Lipinski definition) is 0. The summed E-state index contributed by atoms with van der Waals surface area (Å²) in [6.07, 6.45) is 5.04. The minimum Gasteiger partial charge on any atom is -0.466 e. The molecule has 2 saturated carbocycles. The van der Waals surface area contributed by atoms with Gasteiger partial charge in [0.15, 0.2) is 0 Å². The zero-order chi connectivity index (χ0) is 15.1. The van der Waals surface area contributed by atoms with E-state index in [-0.39, 0.29) is 5.97 Å². The predicted octanol–water partition coefficient (Wildman–Crippen LogP) is 4.80. The Morgan fingerprint density at radius 1 is 1.25 bits per heavy atom. The lowest BCUT2D eigenvalue weighted by molar-refractivity contribution is -0.152. The quantitative estimate of drug-likeness (QED) is 0.531. The Labute approximate surface area is 132 Å². The van der Waals surface area contributed by atoms with Gasteiger partial charge in [0, 0.05) is 17.7 Å². The molecule has 0 bridgehead atoms. The number of ether oxygens (including phenoxy) is 1. The Hall–Kier alpha value is -0.0500. The first-order valence-corrected chi connectivity index (χ1v) is 8.88. The molecule has 2 fully saturated rings. The lowest BCUT2D eigenvalue weighted by atomic mass is 9.47. The van der Waals surface area contributed by atoms with Crippen molar-refractivity contribution in [2.45, 2.75) is 65.1 Å². The summed E-state index contributed by atoms with van der Waals surface area (Å²) in [5.74, 6) is 1.73. The van der Waals surface area contributed by atoms with Crippen molar-refractivity contribution < 1.29 is 9.53 Å². The van der Waals surface area contributed by atoms with E-state index in [0.717, 1.165) is 0 Å². The van der Waals surface area contributed by atoms with Crippen LogP contribution in [0, 0.1) is 28.6 Å². The largest absolute Gasteiger partial charge is 0.466 e. The lowest BCUT2D eigenvalue weighted by Crippen LogP contribution is -2.55. The summed E-state index contributed by atoms with van der Waals surface area (Å²) in [5.41, 5.74) is 0.627. The third kappa shape index (κ3) is 2.67. The fourth-order valence-corrected chi connectivity index (χ4v) is 5.59. The maximum absolute atomic E-state index is 11.2. The van der Waals surface area contributed by atoms with Crippen molar-refractivity contribution in [1.82, 2.24) is 0 Å². The molecule has 0 aromatic heterocycles. The van der Waals surface area contributed by atoms with Gasteiger partial charge < -0.3 is 4.74 Å². The Morgan fingerprint density at radius 3 is 2.50 bits per heavy atom. The van der Waals surface area contributed by atoms with E-state index in [1.165, 1.54) is 32.6 Å². The summed E-state index contributed by atoms with van der Waals surface area (Å²) >= 11 is 3.91. The van der Waals surface area contributed by atoms with Crippen LogP contribution in [0.3, 0.4) is 0 Å². The van der Waals surface area contributed by atoms with E-state index in [9.17, 15) is 4.79 Å². The zero-order valence-electron chi connectivity index (χ0n) is 13.5. The molecule has 20 heavy (non-hydrogen) atoms. The summed E-state index contributed by atoms with van der Waals surface area (Å²) in [6, 6.07) is 0. The minimum absolute atomic E-state index is 0.142. The van der Waals surface area contributed by atoms with E-state index >= 15 is 0 Å². The molecule has 2 nitrogen and oxygen atoms in total. The zero-order valence-corrected chi connectivity index (χ0v) is 15.1.